The van der Waals surface area contributed by atoms with Gasteiger partial charge in [0, 0.05) is 13.1 Å². The van der Waals surface area contributed by atoms with Crippen LogP contribution in [-0.4, -0.2) is 46.3 Å². The molecule has 1 aromatic heterocycles. The molecule has 1 aromatic carbocycles. The molecule has 2 aromatic rings. The standard InChI is InChI=1S/C20H22F3N3O3/c1-3-29-19(28)14-8-6-10-25(12-14)18(27)15-11-24-26(17(15)20(21,22)23)16-9-5-4-7-13(16)2/h4-5,7,9,11,14H,3,6,8,10,12H2,1-2H3. The fraction of sp³-hybridized carbons (Fsp3) is 0.450. The molecule has 1 aliphatic rings. The van der Waals surface area contributed by atoms with Gasteiger partial charge in [-0.3, -0.25) is 9.59 Å². The number of amides is 1. The average molecular weight is 409 g/mol. The minimum absolute atomic E-state index is 0.0323. The van der Waals surface area contributed by atoms with Crippen molar-refractivity contribution in [3.63, 3.8) is 0 Å². The summed E-state index contributed by atoms with van der Waals surface area (Å²) in [7, 11) is 0. The summed E-state index contributed by atoms with van der Waals surface area (Å²) in [6.07, 6.45) is -2.77. The first kappa shape index (κ1) is 20.9. The fourth-order valence-electron chi connectivity index (χ4n) is 3.55. The lowest BCUT2D eigenvalue weighted by Gasteiger charge is -2.31. The summed E-state index contributed by atoms with van der Waals surface area (Å²) in [6.45, 7) is 3.88. The molecule has 1 fully saturated rings. The van der Waals surface area contributed by atoms with Crippen molar-refractivity contribution in [3.8, 4) is 5.69 Å². The number of halogens is 3. The van der Waals surface area contributed by atoms with Gasteiger partial charge in [-0.1, -0.05) is 18.2 Å². The number of benzene rings is 1. The summed E-state index contributed by atoms with van der Waals surface area (Å²) in [4.78, 5) is 26.2. The van der Waals surface area contributed by atoms with E-state index in [1.54, 1.807) is 32.0 Å². The summed E-state index contributed by atoms with van der Waals surface area (Å²) in [5, 5.41) is 3.87. The molecule has 0 N–H and O–H groups in total. The van der Waals surface area contributed by atoms with Gasteiger partial charge < -0.3 is 9.64 Å². The maximum atomic E-state index is 13.9. The normalized spacial score (nSPS) is 17.3. The Labute approximate surface area is 166 Å². The monoisotopic (exact) mass is 409 g/mol. The molecule has 1 unspecified atom stereocenters. The molecule has 3 rings (SSSR count). The molecular formula is C20H22F3N3O3. The minimum atomic E-state index is -4.78. The molecule has 0 spiro atoms. The quantitative estimate of drug-likeness (QED) is 0.724. The van der Waals surface area contributed by atoms with Crippen LogP contribution in [0.3, 0.4) is 0 Å². The molecule has 29 heavy (non-hydrogen) atoms. The summed E-state index contributed by atoms with van der Waals surface area (Å²) >= 11 is 0. The molecule has 0 saturated carbocycles. The number of alkyl halides is 3. The van der Waals surface area contributed by atoms with Gasteiger partial charge in [0.25, 0.3) is 5.91 Å². The maximum Gasteiger partial charge on any atom is 0.434 e. The van der Waals surface area contributed by atoms with Crippen LogP contribution in [0.5, 0.6) is 0 Å². The lowest BCUT2D eigenvalue weighted by Crippen LogP contribution is -2.43. The second-order valence-electron chi connectivity index (χ2n) is 6.95. The van der Waals surface area contributed by atoms with Crippen molar-refractivity contribution in [3.05, 3.63) is 47.3 Å². The van der Waals surface area contributed by atoms with Gasteiger partial charge in [0.2, 0.25) is 0 Å². The number of rotatable bonds is 4. The van der Waals surface area contributed by atoms with E-state index < -0.39 is 35.2 Å². The van der Waals surface area contributed by atoms with Crippen LogP contribution in [0, 0.1) is 12.8 Å². The van der Waals surface area contributed by atoms with Gasteiger partial charge in [0.05, 0.1) is 30.0 Å². The number of esters is 1. The van der Waals surface area contributed by atoms with Crippen LogP contribution in [0.4, 0.5) is 13.2 Å². The van der Waals surface area contributed by atoms with Crippen molar-refractivity contribution in [2.24, 2.45) is 5.92 Å². The van der Waals surface area contributed by atoms with Crippen LogP contribution >= 0.6 is 0 Å². The molecule has 2 heterocycles. The highest BCUT2D eigenvalue weighted by molar-refractivity contribution is 5.96. The highest BCUT2D eigenvalue weighted by atomic mass is 19.4. The zero-order valence-electron chi connectivity index (χ0n) is 16.2. The predicted octanol–water partition coefficient (Wildman–Crippen LogP) is 3.61. The number of para-hydroxylation sites is 1. The predicted molar refractivity (Wildman–Crippen MR) is 98.6 cm³/mol. The molecule has 1 aliphatic heterocycles. The highest BCUT2D eigenvalue weighted by Gasteiger charge is 2.42. The number of aromatic nitrogens is 2. The second-order valence-corrected chi connectivity index (χ2v) is 6.95. The number of aryl methyl sites for hydroxylation is 1. The highest BCUT2D eigenvalue weighted by Crippen LogP contribution is 2.35. The number of likely N-dealkylation sites (tertiary alicyclic amines) is 1. The van der Waals surface area contributed by atoms with E-state index in [1.165, 1.54) is 11.0 Å². The lowest BCUT2D eigenvalue weighted by molar-refractivity contribution is -0.149. The third-order valence-corrected chi connectivity index (χ3v) is 4.94. The van der Waals surface area contributed by atoms with Crippen LogP contribution in [0.25, 0.3) is 5.69 Å². The first-order chi connectivity index (χ1) is 13.7. The van der Waals surface area contributed by atoms with Gasteiger partial charge in [-0.15, -0.1) is 0 Å². The van der Waals surface area contributed by atoms with Crippen LogP contribution in [0.15, 0.2) is 30.5 Å². The Balaban J connectivity index is 1.95. The summed E-state index contributed by atoms with van der Waals surface area (Å²) in [5.74, 6) is -1.75. The molecule has 0 bridgehead atoms. The van der Waals surface area contributed by atoms with Gasteiger partial charge in [-0.2, -0.15) is 18.3 Å². The van der Waals surface area contributed by atoms with Crippen molar-refractivity contribution in [2.75, 3.05) is 19.7 Å². The first-order valence-corrected chi connectivity index (χ1v) is 9.41. The summed E-state index contributed by atoms with van der Waals surface area (Å²) < 4.78 is 47.4. The van der Waals surface area contributed by atoms with Gasteiger partial charge in [0.15, 0.2) is 5.69 Å². The van der Waals surface area contributed by atoms with E-state index in [0.717, 1.165) is 10.9 Å². The molecule has 1 atom stereocenters. The Bertz CT molecular complexity index is 908. The van der Waals surface area contributed by atoms with E-state index in [2.05, 4.69) is 5.10 Å². The van der Waals surface area contributed by atoms with Crippen LogP contribution in [0.2, 0.25) is 0 Å². The van der Waals surface area contributed by atoms with E-state index in [0.29, 0.717) is 18.4 Å². The zero-order chi connectivity index (χ0) is 21.2. The van der Waals surface area contributed by atoms with Crippen molar-refractivity contribution in [1.82, 2.24) is 14.7 Å². The Hall–Kier alpha value is -2.84. The molecule has 9 heteroatoms. The first-order valence-electron chi connectivity index (χ1n) is 9.41. The topological polar surface area (TPSA) is 64.4 Å². The number of nitrogens with zero attached hydrogens (tertiary/aromatic N) is 3. The number of piperidine rings is 1. The molecule has 1 amide bonds. The van der Waals surface area contributed by atoms with Crippen LogP contribution in [-0.2, 0) is 15.7 Å². The van der Waals surface area contributed by atoms with Crippen molar-refractivity contribution in [1.29, 1.82) is 0 Å². The van der Waals surface area contributed by atoms with E-state index in [9.17, 15) is 22.8 Å². The van der Waals surface area contributed by atoms with E-state index >= 15 is 0 Å². The third kappa shape index (κ3) is 4.28. The summed E-state index contributed by atoms with van der Waals surface area (Å²) in [6, 6.07) is 6.52. The Kier molecular flexibility index (Phi) is 5.95. The average Bonchev–Trinajstić information content (AvgIpc) is 3.13. The molecular weight excluding hydrogens is 387 g/mol. The van der Waals surface area contributed by atoms with Crippen molar-refractivity contribution < 1.29 is 27.5 Å². The van der Waals surface area contributed by atoms with Crippen LogP contribution < -0.4 is 0 Å². The van der Waals surface area contributed by atoms with Gasteiger partial charge in [-0.25, -0.2) is 4.68 Å². The number of ether oxygens (including phenoxy) is 1. The van der Waals surface area contributed by atoms with E-state index in [-0.39, 0.29) is 25.4 Å². The Morgan fingerprint density at radius 3 is 2.66 bits per heavy atom. The third-order valence-electron chi connectivity index (χ3n) is 4.94. The number of carbonyl (C=O) groups is 2. The van der Waals surface area contributed by atoms with Crippen molar-refractivity contribution in [2.45, 2.75) is 32.9 Å². The van der Waals surface area contributed by atoms with E-state index in [1.807, 2.05) is 0 Å². The second kappa shape index (κ2) is 8.26. The SMILES string of the molecule is CCOC(=O)C1CCCN(C(=O)c2cnn(-c3ccccc3C)c2C(F)(F)F)C1. The van der Waals surface area contributed by atoms with Gasteiger partial charge in [0.1, 0.15) is 0 Å². The van der Waals surface area contributed by atoms with Gasteiger partial charge >= 0.3 is 12.1 Å². The fourth-order valence-corrected chi connectivity index (χ4v) is 3.55. The number of carbonyl (C=O) groups excluding carboxylic acids is 2. The van der Waals surface area contributed by atoms with Crippen LogP contribution in [0.1, 0.15) is 41.4 Å². The lowest BCUT2D eigenvalue weighted by atomic mass is 9.97. The number of hydrogen-bond acceptors (Lipinski definition) is 4. The molecule has 0 radical (unpaired) electrons. The molecule has 156 valence electrons. The molecule has 0 aliphatic carbocycles. The number of hydrogen-bond donors (Lipinski definition) is 0. The van der Waals surface area contributed by atoms with Gasteiger partial charge in [-0.05, 0) is 38.3 Å². The maximum absolute atomic E-state index is 13.9. The minimum Gasteiger partial charge on any atom is -0.466 e. The smallest absolute Gasteiger partial charge is 0.434 e. The Morgan fingerprint density at radius 2 is 2.00 bits per heavy atom. The molecule has 1 saturated heterocycles. The summed E-state index contributed by atoms with van der Waals surface area (Å²) in [5.41, 5.74) is -0.789. The molecule has 6 nitrogen and oxygen atoms in total. The Morgan fingerprint density at radius 1 is 1.28 bits per heavy atom. The van der Waals surface area contributed by atoms with Crippen molar-refractivity contribution >= 4 is 11.9 Å². The zero-order valence-corrected chi connectivity index (χ0v) is 16.2. The largest absolute Gasteiger partial charge is 0.466 e. The van der Waals surface area contributed by atoms with E-state index in [4.69, 9.17) is 4.74 Å².